The molecule has 2 N–H and O–H groups in total. The second-order valence-electron chi connectivity index (χ2n) is 6.10. The van der Waals surface area contributed by atoms with Crippen molar-refractivity contribution in [1.82, 2.24) is 15.2 Å². The fraction of sp³-hybridized carbons (Fsp3) is 0.375. The Morgan fingerprint density at radius 3 is 2.77 bits per heavy atom. The number of aromatic nitrogens is 1. The number of amides is 1. The number of hydrogen-bond donors (Lipinski definition) is 2. The molecular weight excluding hydrogens is 282 g/mol. The summed E-state index contributed by atoms with van der Waals surface area (Å²) in [5.74, 6) is 0. The van der Waals surface area contributed by atoms with Crippen molar-refractivity contribution in [2.75, 3.05) is 6.54 Å². The molecule has 0 bridgehead atoms. The van der Waals surface area contributed by atoms with Crippen molar-refractivity contribution in [2.45, 2.75) is 26.4 Å². The van der Waals surface area contributed by atoms with Gasteiger partial charge in [-0.15, -0.1) is 0 Å². The van der Waals surface area contributed by atoms with E-state index in [4.69, 9.17) is 4.74 Å². The van der Waals surface area contributed by atoms with Crippen molar-refractivity contribution in [1.29, 1.82) is 0 Å². The van der Waals surface area contributed by atoms with Gasteiger partial charge in [-0.05, 0) is 44.7 Å². The number of aryl methyl sites for hydroxylation is 1. The van der Waals surface area contributed by atoms with Gasteiger partial charge < -0.3 is 14.6 Å². The summed E-state index contributed by atoms with van der Waals surface area (Å²) in [6.07, 6.45) is 4.80. The Balaban J connectivity index is 2.30. The molecule has 1 aliphatic rings. The third-order valence-electron chi connectivity index (χ3n) is 3.04. The molecule has 0 fully saturated rings. The number of rotatable bonds is 2. The van der Waals surface area contributed by atoms with Crippen LogP contribution < -0.4 is 16.2 Å². The van der Waals surface area contributed by atoms with Crippen LogP contribution in [-0.2, 0) is 11.8 Å². The molecule has 0 unspecified atom stereocenters. The third kappa shape index (κ3) is 4.00. The van der Waals surface area contributed by atoms with Gasteiger partial charge in [-0.3, -0.25) is 10.1 Å². The van der Waals surface area contributed by atoms with Gasteiger partial charge in [0, 0.05) is 30.6 Å². The molecule has 2 rings (SSSR count). The SMILES string of the molecule is Cn1ccc(C2=C(NC(=O)OC(C)(C)C)CNC=C2)cc1=O. The Bertz CT molecular complexity index is 693. The maximum absolute atomic E-state index is 11.9. The summed E-state index contributed by atoms with van der Waals surface area (Å²) < 4.78 is 6.76. The predicted octanol–water partition coefficient (Wildman–Crippen LogP) is 1.74. The number of allylic oxidation sites excluding steroid dienone is 2. The maximum Gasteiger partial charge on any atom is 0.411 e. The lowest BCUT2D eigenvalue weighted by Crippen LogP contribution is -2.35. The van der Waals surface area contributed by atoms with Crippen LogP contribution in [0, 0.1) is 0 Å². The highest BCUT2D eigenvalue weighted by atomic mass is 16.6. The Hall–Kier alpha value is -2.50. The topological polar surface area (TPSA) is 72.4 Å². The van der Waals surface area contributed by atoms with Gasteiger partial charge in [0.05, 0.1) is 6.54 Å². The van der Waals surface area contributed by atoms with Crippen LogP contribution in [0.1, 0.15) is 26.3 Å². The zero-order valence-electron chi connectivity index (χ0n) is 13.3. The van der Waals surface area contributed by atoms with Crippen LogP contribution in [0.3, 0.4) is 0 Å². The molecule has 0 aliphatic carbocycles. The highest BCUT2D eigenvalue weighted by molar-refractivity contribution is 5.81. The maximum atomic E-state index is 11.9. The molecule has 0 saturated heterocycles. The third-order valence-corrected chi connectivity index (χ3v) is 3.04. The number of ether oxygens (including phenoxy) is 1. The van der Waals surface area contributed by atoms with Gasteiger partial charge in [0.25, 0.3) is 5.56 Å². The molecule has 1 amide bonds. The fourth-order valence-electron chi connectivity index (χ4n) is 2.02. The molecule has 6 nitrogen and oxygen atoms in total. The summed E-state index contributed by atoms with van der Waals surface area (Å²) in [7, 11) is 1.69. The Kier molecular flexibility index (Phi) is 4.40. The van der Waals surface area contributed by atoms with Crippen LogP contribution >= 0.6 is 0 Å². The van der Waals surface area contributed by atoms with Crippen molar-refractivity contribution < 1.29 is 9.53 Å². The van der Waals surface area contributed by atoms with Crippen LogP contribution in [-0.4, -0.2) is 22.8 Å². The first-order valence-corrected chi connectivity index (χ1v) is 7.06. The van der Waals surface area contributed by atoms with E-state index in [9.17, 15) is 9.59 Å². The smallest absolute Gasteiger partial charge is 0.411 e. The molecule has 1 aliphatic heterocycles. The van der Waals surface area contributed by atoms with Crippen molar-refractivity contribution in [2.24, 2.45) is 7.05 Å². The standard InChI is InChI=1S/C16H21N3O3/c1-16(2,3)22-15(21)18-13-10-17-7-5-12(13)11-6-8-19(4)14(20)9-11/h5-9,17H,10H2,1-4H3,(H,18,21). The molecule has 6 heteroatoms. The zero-order valence-corrected chi connectivity index (χ0v) is 13.3. The molecule has 1 aromatic rings. The summed E-state index contributed by atoms with van der Waals surface area (Å²) in [6, 6.07) is 3.38. The van der Waals surface area contributed by atoms with Gasteiger partial charge in [0.2, 0.25) is 0 Å². The van der Waals surface area contributed by atoms with Crippen molar-refractivity contribution in [3.8, 4) is 0 Å². The van der Waals surface area contributed by atoms with E-state index in [2.05, 4.69) is 10.6 Å². The van der Waals surface area contributed by atoms with E-state index in [1.54, 1.807) is 25.5 Å². The van der Waals surface area contributed by atoms with Gasteiger partial charge in [0.1, 0.15) is 5.60 Å². The zero-order chi connectivity index (χ0) is 16.3. The van der Waals surface area contributed by atoms with Crippen molar-refractivity contribution >= 4 is 11.7 Å². The van der Waals surface area contributed by atoms with E-state index in [1.807, 2.05) is 32.9 Å². The first-order chi connectivity index (χ1) is 10.3. The molecule has 0 radical (unpaired) electrons. The van der Waals surface area contributed by atoms with E-state index in [0.717, 1.165) is 11.1 Å². The average Bonchev–Trinajstić information content (AvgIpc) is 2.40. The van der Waals surface area contributed by atoms with Crippen molar-refractivity contribution in [3.63, 3.8) is 0 Å². The van der Waals surface area contributed by atoms with E-state index >= 15 is 0 Å². The second-order valence-corrected chi connectivity index (χ2v) is 6.10. The molecule has 118 valence electrons. The molecule has 22 heavy (non-hydrogen) atoms. The highest BCUT2D eigenvalue weighted by Crippen LogP contribution is 2.20. The molecular formula is C16H21N3O3. The number of nitrogens with one attached hydrogen (secondary N) is 2. The predicted molar refractivity (Wildman–Crippen MR) is 85.1 cm³/mol. The van der Waals surface area contributed by atoms with Crippen molar-refractivity contribution in [3.05, 3.63) is 52.2 Å². The minimum atomic E-state index is -0.564. The number of pyridine rings is 1. The average molecular weight is 303 g/mol. The van der Waals surface area contributed by atoms with E-state index in [0.29, 0.717) is 12.2 Å². The molecule has 1 aromatic heterocycles. The lowest BCUT2D eigenvalue weighted by molar-refractivity contribution is 0.0545. The number of nitrogens with zero attached hydrogens (tertiary/aromatic N) is 1. The normalized spacial score (nSPS) is 14.5. The largest absolute Gasteiger partial charge is 0.444 e. The molecule has 0 spiro atoms. The Morgan fingerprint density at radius 1 is 1.41 bits per heavy atom. The molecule has 2 heterocycles. The van der Waals surface area contributed by atoms with Gasteiger partial charge in [-0.25, -0.2) is 4.79 Å². The summed E-state index contributed by atoms with van der Waals surface area (Å²) in [4.78, 5) is 23.7. The lowest BCUT2D eigenvalue weighted by atomic mass is 10.0. The van der Waals surface area contributed by atoms with Gasteiger partial charge in [-0.2, -0.15) is 0 Å². The monoisotopic (exact) mass is 303 g/mol. The van der Waals surface area contributed by atoms with E-state index < -0.39 is 11.7 Å². The minimum absolute atomic E-state index is 0.103. The van der Waals surface area contributed by atoms with Crippen LogP contribution in [0.15, 0.2) is 41.1 Å². The number of dihydropyridines is 1. The van der Waals surface area contributed by atoms with Crippen LogP contribution in [0.4, 0.5) is 4.79 Å². The number of alkyl carbamates (subject to hydrolysis) is 1. The molecule has 0 atom stereocenters. The minimum Gasteiger partial charge on any atom is -0.444 e. The molecule has 0 saturated carbocycles. The first kappa shape index (κ1) is 15.9. The van der Waals surface area contributed by atoms with Gasteiger partial charge >= 0.3 is 6.09 Å². The van der Waals surface area contributed by atoms with Crippen LogP contribution in [0.2, 0.25) is 0 Å². The van der Waals surface area contributed by atoms with Crippen LogP contribution in [0.25, 0.3) is 5.57 Å². The highest BCUT2D eigenvalue weighted by Gasteiger charge is 2.19. The summed E-state index contributed by atoms with van der Waals surface area (Å²) in [5.41, 5.74) is 1.55. The van der Waals surface area contributed by atoms with Gasteiger partial charge in [0.15, 0.2) is 0 Å². The van der Waals surface area contributed by atoms with E-state index in [-0.39, 0.29) is 5.56 Å². The van der Waals surface area contributed by atoms with Gasteiger partial charge in [-0.1, -0.05) is 0 Å². The Labute approximate surface area is 129 Å². The Morgan fingerprint density at radius 2 is 2.14 bits per heavy atom. The number of carbonyl (C=O) groups excluding carboxylic acids is 1. The van der Waals surface area contributed by atoms with E-state index in [1.165, 1.54) is 4.57 Å². The number of carbonyl (C=O) groups is 1. The van der Waals surface area contributed by atoms with Crippen LogP contribution in [0.5, 0.6) is 0 Å². The quantitative estimate of drug-likeness (QED) is 0.873. The first-order valence-electron chi connectivity index (χ1n) is 7.06. The summed E-state index contributed by atoms with van der Waals surface area (Å²) >= 11 is 0. The second kappa shape index (κ2) is 6.09. The fourth-order valence-corrected chi connectivity index (χ4v) is 2.02. The summed E-state index contributed by atoms with van der Waals surface area (Å²) in [6.45, 7) is 5.88. The summed E-state index contributed by atoms with van der Waals surface area (Å²) in [5, 5.41) is 5.79. The molecule has 0 aromatic carbocycles. The lowest BCUT2D eigenvalue weighted by Gasteiger charge is -2.23. The number of hydrogen-bond acceptors (Lipinski definition) is 4.